The van der Waals surface area contributed by atoms with Crippen molar-refractivity contribution in [2.24, 2.45) is 5.73 Å². The van der Waals surface area contributed by atoms with E-state index in [2.05, 4.69) is 4.90 Å². The summed E-state index contributed by atoms with van der Waals surface area (Å²) in [5.41, 5.74) is 6.81. The molecule has 1 heterocycles. The zero-order chi connectivity index (χ0) is 12.3. The van der Waals surface area contributed by atoms with Crippen molar-refractivity contribution in [3.63, 3.8) is 0 Å². The lowest BCUT2D eigenvalue weighted by atomic mass is 10.2. The topological polar surface area (TPSA) is 38.5 Å². The van der Waals surface area contributed by atoms with Gasteiger partial charge in [-0.2, -0.15) is 0 Å². The Morgan fingerprint density at radius 3 is 2.83 bits per heavy atom. The molecule has 2 rings (SSSR count). The Hall–Kier alpha value is -0.840. The minimum absolute atomic E-state index is 0. The van der Waals surface area contributed by atoms with E-state index >= 15 is 0 Å². The predicted molar refractivity (Wildman–Crippen MR) is 72.7 cm³/mol. The molecule has 102 valence electrons. The lowest BCUT2D eigenvalue weighted by Gasteiger charge is -2.15. The molecule has 3 nitrogen and oxygen atoms in total. The first-order valence-corrected chi connectivity index (χ1v) is 6.08. The average molecular weight is 275 g/mol. The molecule has 0 bridgehead atoms. The second-order valence-electron chi connectivity index (χ2n) is 4.48. The number of likely N-dealkylation sites (tertiary alicyclic amines) is 1. The summed E-state index contributed by atoms with van der Waals surface area (Å²) in [6.45, 7) is 4.98. The van der Waals surface area contributed by atoms with Gasteiger partial charge in [-0.1, -0.05) is 6.07 Å². The number of nitrogens with two attached hydrogens (primary N) is 1. The highest BCUT2D eigenvalue weighted by atomic mass is 35.5. The van der Waals surface area contributed by atoms with Crippen molar-refractivity contribution in [2.75, 3.05) is 19.7 Å². The normalized spacial score (nSPS) is 19.6. The highest BCUT2D eigenvalue weighted by Gasteiger charge is 2.19. The molecule has 0 radical (unpaired) electrons. The SMILES string of the molecule is CCOc1ccc(CN2CCC(N)C2)cc1F.Cl. The second kappa shape index (κ2) is 6.92. The minimum atomic E-state index is -0.284. The second-order valence-corrected chi connectivity index (χ2v) is 4.48. The van der Waals surface area contributed by atoms with Crippen molar-refractivity contribution < 1.29 is 9.13 Å². The lowest BCUT2D eigenvalue weighted by molar-refractivity contribution is 0.315. The molecule has 0 aromatic heterocycles. The molecule has 0 saturated carbocycles. The number of hydrogen-bond donors (Lipinski definition) is 1. The number of ether oxygens (including phenoxy) is 1. The van der Waals surface area contributed by atoms with Crippen molar-refractivity contribution in [2.45, 2.75) is 25.9 Å². The zero-order valence-corrected chi connectivity index (χ0v) is 11.4. The van der Waals surface area contributed by atoms with Gasteiger partial charge in [-0.05, 0) is 31.0 Å². The summed E-state index contributed by atoms with van der Waals surface area (Å²) < 4.78 is 18.8. The van der Waals surface area contributed by atoms with Gasteiger partial charge in [0.15, 0.2) is 11.6 Å². The van der Waals surface area contributed by atoms with Crippen LogP contribution in [0.15, 0.2) is 18.2 Å². The summed E-state index contributed by atoms with van der Waals surface area (Å²) >= 11 is 0. The van der Waals surface area contributed by atoms with Gasteiger partial charge in [0.05, 0.1) is 6.61 Å². The number of benzene rings is 1. The molecular formula is C13H20ClFN2O. The Bertz CT molecular complexity index is 389. The van der Waals surface area contributed by atoms with E-state index in [1.165, 1.54) is 0 Å². The molecule has 0 spiro atoms. The average Bonchev–Trinajstić information content (AvgIpc) is 2.68. The number of hydrogen-bond acceptors (Lipinski definition) is 3. The fraction of sp³-hybridized carbons (Fsp3) is 0.538. The third-order valence-electron chi connectivity index (χ3n) is 3.01. The van der Waals surface area contributed by atoms with Gasteiger partial charge in [-0.15, -0.1) is 12.4 Å². The van der Waals surface area contributed by atoms with Gasteiger partial charge < -0.3 is 10.5 Å². The maximum absolute atomic E-state index is 13.6. The third kappa shape index (κ3) is 3.83. The van der Waals surface area contributed by atoms with Gasteiger partial charge in [0, 0.05) is 25.7 Å². The van der Waals surface area contributed by atoms with Crippen LogP contribution in [0.3, 0.4) is 0 Å². The first-order valence-electron chi connectivity index (χ1n) is 6.08. The van der Waals surface area contributed by atoms with E-state index in [0.717, 1.165) is 31.6 Å². The molecule has 18 heavy (non-hydrogen) atoms. The summed E-state index contributed by atoms with van der Waals surface area (Å²) in [7, 11) is 0. The molecule has 2 N–H and O–H groups in total. The molecule has 5 heteroatoms. The van der Waals surface area contributed by atoms with E-state index in [4.69, 9.17) is 10.5 Å². The summed E-state index contributed by atoms with van der Waals surface area (Å²) in [5, 5.41) is 0. The molecule has 1 atom stereocenters. The van der Waals surface area contributed by atoms with Gasteiger partial charge in [-0.25, -0.2) is 4.39 Å². The highest BCUT2D eigenvalue weighted by Crippen LogP contribution is 2.20. The Balaban J connectivity index is 0.00000162. The van der Waals surface area contributed by atoms with Gasteiger partial charge in [-0.3, -0.25) is 4.90 Å². The Morgan fingerprint density at radius 2 is 2.28 bits per heavy atom. The van der Waals surface area contributed by atoms with Crippen molar-refractivity contribution in [3.8, 4) is 5.75 Å². The van der Waals surface area contributed by atoms with Crippen LogP contribution >= 0.6 is 12.4 Å². The number of halogens is 2. The molecule has 1 aliphatic heterocycles. The highest BCUT2D eigenvalue weighted by molar-refractivity contribution is 5.85. The Kier molecular flexibility index (Phi) is 5.85. The van der Waals surface area contributed by atoms with Crippen LogP contribution in [0.4, 0.5) is 4.39 Å². The van der Waals surface area contributed by atoms with Crippen molar-refractivity contribution >= 4 is 12.4 Å². The van der Waals surface area contributed by atoms with Crippen LogP contribution in [0, 0.1) is 5.82 Å². The minimum Gasteiger partial charge on any atom is -0.491 e. The maximum Gasteiger partial charge on any atom is 0.165 e. The molecule has 0 amide bonds. The Morgan fingerprint density at radius 1 is 1.50 bits per heavy atom. The molecule has 1 aliphatic rings. The van der Waals surface area contributed by atoms with Gasteiger partial charge in [0.1, 0.15) is 0 Å². The standard InChI is InChI=1S/C13H19FN2O.ClH/c1-2-17-13-4-3-10(7-12(13)14)8-16-6-5-11(15)9-16;/h3-4,7,11H,2,5-6,8-9,15H2,1H3;1H. The van der Waals surface area contributed by atoms with Gasteiger partial charge >= 0.3 is 0 Å². The smallest absolute Gasteiger partial charge is 0.165 e. The molecular weight excluding hydrogens is 255 g/mol. The molecule has 1 aromatic rings. The van der Waals surface area contributed by atoms with Gasteiger partial charge in [0.2, 0.25) is 0 Å². The van der Waals surface area contributed by atoms with E-state index in [-0.39, 0.29) is 24.3 Å². The van der Waals surface area contributed by atoms with Crippen LogP contribution in [0.25, 0.3) is 0 Å². The van der Waals surface area contributed by atoms with Crippen LogP contribution in [-0.2, 0) is 6.54 Å². The largest absolute Gasteiger partial charge is 0.491 e. The van der Waals surface area contributed by atoms with Gasteiger partial charge in [0.25, 0.3) is 0 Å². The van der Waals surface area contributed by atoms with Crippen molar-refractivity contribution in [3.05, 3.63) is 29.6 Å². The van der Waals surface area contributed by atoms with E-state index in [0.29, 0.717) is 12.4 Å². The summed E-state index contributed by atoms with van der Waals surface area (Å²) in [4.78, 5) is 2.25. The molecule has 1 unspecified atom stereocenters. The maximum atomic E-state index is 13.6. The summed E-state index contributed by atoms with van der Waals surface area (Å²) in [6.07, 6.45) is 1.03. The monoisotopic (exact) mass is 274 g/mol. The fourth-order valence-corrected chi connectivity index (χ4v) is 2.18. The van der Waals surface area contributed by atoms with E-state index in [1.54, 1.807) is 12.1 Å². The Labute approximate surface area is 114 Å². The third-order valence-corrected chi connectivity index (χ3v) is 3.01. The molecule has 0 aliphatic carbocycles. The molecule has 1 aromatic carbocycles. The van der Waals surface area contributed by atoms with Crippen LogP contribution in [0.5, 0.6) is 5.75 Å². The van der Waals surface area contributed by atoms with E-state index in [9.17, 15) is 4.39 Å². The van der Waals surface area contributed by atoms with E-state index < -0.39 is 0 Å². The van der Waals surface area contributed by atoms with Crippen molar-refractivity contribution in [1.29, 1.82) is 0 Å². The first-order chi connectivity index (χ1) is 8.19. The van der Waals surface area contributed by atoms with Crippen molar-refractivity contribution in [1.82, 2.24) is 4.90 Å². The fourth-order valence-electron chi connectivity index (χ4n) is 2.18. The first kappa shape index (κ1) is 15.2. The van der Waals surface area contributed by atoms with E-state index in [1.807, 2.05) is 13.0 Å². The van der Waals surface area contributed by atoms with Crippen LogP contribution in [0.1, 0.15) is 18.9 Å². The summed E-state index contributed by atoms with van der Waals surface area (Å²) in [6, 6.07) is 5.43. The summed E-state index contributed by atoms with van der Waals surface area (Å²) in [5.74, 6) is 0.0437. The van der Waals surface area contributed by atoms with Crippen LogP contribution in [-0.4, -0.2) is 30.6 Å². The lowest BCUT2D eigenvalue weighted by Crippen LogP contribution is -2.26. The quantitative estimate of drug-likeness (QED) is 0.915. The molecule has 1 fully saturated rings. The number of rotatable bonds is 4. The van der Waals surface area contributed by atoms with Crippen LogP contribution in [0.2, 0.25) is 0 Å². The predicted octanol–water partition coefficient (Wildman–Crippen LogP) is 2.18. The zero-order valence-electron chi connectivity index (χ0n) is 10.6. The van der Waals surface area contributed by atoms with Crippen LogP contribution < -0.4 is 10.5 Å². The number of nitrogens with zero attached hydrogens (tertiary/aromatic N) is 1. The molecule has 1 saturated heterocycles.